The number of nitrogens with one attached hydrogen (secondary N) is 2. The van der Waals surface area contributed by atoms with Gasteiger partial charge in [-0.1, -0.05) is 0 Å². The van der Waals surface area contributed by atoms with Gasteiger partial charge in [0.25, 0.3) is 11.8 Å². The highest BCUT2D eigenvalue weighted by atomic mass is 16.5. The van der Waals surface area contributed by atoms with Crippen molar-refractivity contribution in [3.63, 3.8) is 0 Å². The molecule has 1 atom stereocenters. The lowest BCUT2D eigenvalue weighted by atomic mass is 10.2. The van der Waals surface area contributed by atoms with Crippen LogP contribution in [0.5, 0.6) is 11.5 Å². The number of hydrogen-bond acceptors (Lipinski definition) is 5. The van der Waals surface area contributed by atoms with Crippen molar-refractivity contribution in [2.45, 2.75) is 18.9 Å². The molecule has 148 valence electrons. The summed E-state index contributed by atoms with van der Waals surface area (Å²) in [6.45, 7) is 1.16. The van der Waals surface area contributed by atoms with Gasteiger partial charge in [0.15, 0.2) is 6.61 Å². The molecule has 0 aromatic heterocycles. The summed E-state index contributed by atoms with van der Waals surface area (Å²) in [5.41, 5.74) is 1.13. The Labute approximate surface area is 164 Å². The molecule has 1 aliphatic heterocycles. The average Bonchev–Trinajstić information content (AvgIpc) is 3.25. The van der Waals surface area contributed by atoms with E-state index in [9.17, 15) is 9.59 Å². The Hall–Kier alpha value is -3.06. The first kappa shape index (κ1) is 19.7. The third-order valence-electron chi connectivity index (χ3n) is 4.37. The van der Waals surface area contributed by atoms with Crippen LogP contribution >= 0.6 is 0 Å². The fraction of sp³-hybridized carbons (Fsp3) is 0.333. The van der Waals surface area contributed by atoms with Gasteiger partial charge < -0.3 is 24.8 Å². The van der Waals surface area contributed by atoms with Crippen molar-refractivity contribution in [1.82, 2.24) is 5.32 Å². The van der Waals surface area contributed by atoms with Crippen LogP contribution in [0.2, 0.25) is 0 Å². The van der Waals surface area contributed by atoms with Gasteiger partial charge in [-0.15, -0.1) is 0 Å². The number of carbonyl (C=O) groups is 2. The normalized spacial score (nSPS) is 15.7. The molecule has 1 fully saturated rings. The standard InChI is InChI=1S/C21H24N2O5/c1-26-17-8-10-18(11-9-17)28-14-20(24)23-16-6-4-15(5-7-16)21(25)22-13-19-3-2-12-27-19/h4-11,19H,2-3,12-14H2,1H3,(H,22,25)(H,23,24). The summed E-state index contributed by atoms with van der Waals surface area (Å²) in [5, 5.41) is 5.60. The number of rotatable bonds is 8. The lowest BCUT2D eigenvalue weighted by Gasteiger charge is -2.11. The minimum Gasteiger partial charge on any atom is -0.497 e. The first-order valence-electron chi connectivity index (χ1n) is 9.20. The van der Waals surface area contributed by atoms with E-state index in [1.807, 2.05) is 0 Å². The zero-order chi connectivity index (χ0) is 19.8. The maximum atomic E-state index is 12.2. The van der Waals surface area contributed by atoms with Crippen LogP contribution < -0.4 is 20.1 Å². The zero-order valence-corrected chi connectivity index (χ0v) is 15.8. The van der Waals surface area contributed by atoms with E-state index >= 15 is 0 Å². The van der Waals surface area contributed by atoms with Crippen LogP contribution in [-0.4, -0.2) is 44.8 Å². The second kappa shape index (κ2) is 9.75. The summed E-state index contributed by atoms with van der Waals surface area (Å²) in [6, 6.07) is 13.7. The van der Waals surface area contributed by atoms with E-state index in [0.717, 1.165) is 25.2 Å². The van der Waals surface area contributed by atoms with Crippen LogP contribution in [0, 0.1) is 0 Å². The number of hydrogen-bond donors (Lipinski definition) is 2. The molecule has 0 aliphatic carbocycles. The van der Waals surface area contributed by atoms with Crippen molar-refractivity contribution in [1.29, 1.82) is 0 Å². The highest BCUT2D eigenvalue weighted by molar-refractivity contribution is 5.96. The highest BCUT2D eigenvalue weighted by Crippen LogP contribution is 2.17. The van der Waals surface area contributed by atoms with Gasteiger partial charge in [-0.3, -0.25) is 9.59 Å². The first-order chi connectivity index (χ1) is 13.6. The molecule has 0 radical (unpaired) electrons. The van der Waals surface area contributed by atoms with Crippen molar-refractivity contribution < 1.29 is 23.8 Å². The van der Waals surface area contributed by atoms with E-state index in [4.69, 9.17) is 14.2 Å². The van der Waals surface area contributed by atoms with Gasteiger partial charge in [0.1, 0.15) is 11.5 Å². The van der Waals surface area contributed by atoms with Crippen molar-refractivity contribution in [2.24, 2.45) is 0 Å². The van der Waals surface area contributed by atoms with E-state index in [0.29, 0.717) is 23.5 Å². The summed E-state index contributed by atoms with van der Waals surface area (Å²) in [6.07, 6.45) is 2.12. The lowest BCUT2D eigenvalue weighted by Crippen LogP contribution is -2.31. The summed E-state index contributed by atoms with van der Waals surface area (Å²) in [4.78, 5) is 24.2. The monoisotopic (exact) mass is 384 g/mol. The summed E-state index contributed by atoms with van der Waals surface area (Å²) in [7, 11) is 1.59. The maximum Gasteiger partial charge on any atom is 0.262 e. The van der Waals surface area contributed by atoms with Gasteiger partial charge in [0.05, 0.1) is 13.2 Å². The topological polar surface area (TPSA) is 85.9 Å². The molecule has 2 amide bonds. The number of benzene rings is 2. The number of ether oxygens (including phenoxy) is 3. The molecule has 7 heteroatoms. The predicted octanol–water partition coefficient (Wildman–Crippen LogP) is 2.62. The Bertz CT molecular complexity index is 783. The Morgan fingerprint density at radius 2 is 1.79 bits per heavy atom. The van der Waals surface area contributed by atoms with Crippen molar-refractivity contribution >= 4 is 17.5 Å². The molecular weight excluding hydrogens is 360 g/mol. The predicted molar refractivity (Wildman–Crippen MR) is 105 cm³/mol. The van der Waals surface area contributed by atoms with Gasteiger partial charge in [-0.25, -0.2) is 0 Å². The van der Waals surface area contributed by atoms with Crippen molar-refractivity contribution in [2.75, 3.05) is 32.2 Å². The SMILES string of the molecule is COc1ccc(OCC(=O)Nc2ccc(C(=O)NCC3CCCO3)cc2)cc1. The second-order valence-corrected chi connectivity index (χ2v) is 6.43. The Kier molecular flexibility index (Phi) is 6.86. The number of anilines is 1. The van der Waals surface area contributed by atoms with Crippen molar-refractivity contribution in [3.8, 4) is 11.5 Å². The van der Waals surface area contributed by atoms with E-state index in [2.05, 4.69) is 10.6 Å². The molecule has 1 unspecified atom stereocenters. The van der Waals surface area contributed by atoms with Gasteiger partial charge in [-0.05, 0) is 61.4 Å². The minimum absolute atomic E-state index is 0.105. The van der Waals surface area contributed by atoms with Crippen LogP contribution in [0.25, 0.3) is 0 Å². The molecule has 0 bridgehead atoms. The molecule has 2 N–H and O–H groups in total. The molecule has 0 saturated carbocycles. The quantitative estimate of drug-likeness (QED) is 0.731. The van der Waals surface area contributed by atoms with E-state index in [1.54, 1.807) is 55.6 Å². The molecule has 1 heterocycles. The largest absolute Gasteiger partial charge is 0.497 e. The van der Waals surface area contributed by atoms with Crippen LogP contribution in [0.1, 0.15) is 23.2 Å². The zero-order valence-electron chi connectivity index (χ0n) is 15.8. The van der Waals surface area contributed by atoms with E-state index in [-0.39, 0.29) is 24.5 Å². The Morgan fingerprint density at radius 3 is 2.43 bits per heavy atom. The van der Waals surface area contributed by atoms with E-state index in [1.165, 1.54) is 0 Å². The van der Waals surface area contributed by atoms with Crippen LogP contribution in [0.15, 0.2) is 48.5 Å². The lowest BCUT2D eigenvalue weighted by molar-refractivity contribution is -0.118. The number of amides is 2. The fourth-order valence-corrected chi connectivity index (χ4v) is 2.84. The molecule has 1 aliphatic rings. The third kappa shape index (κ3) is 5.72. The Balaban J connectivity index is 1.43. The van der Waals surface area contributed by atoms with E-state index < -0.39 is 0 Å². The molecule has 28 heavy (non-hydrogen) atoms. The molecule has 7 nitrogen and oxygen atoms in total. The molecule has 2 aromatic rings. The van der Waals surface area contributed by atoms with Crippen molar-refractivity contribution in [3.05, 3.63) is 54.1 Å². The number of carbonyl (C=O) groups excluding carboxylic acids is 2. The summed E-state index contributed by atoms with van der Waals surface area (Å²) < 4.78 is 16.0. The van der Waals surface area contributed by atoms with Gasteiger partial charge in [0, 0.05) is 24.4 Å². The van der Waals surface area contributed by atoms with Crippen LogP contribution in [-0.2, 0) is 9.53 Å². The molecule has 2 aromatic carbocycles. The van der Waals surface area contributed by atoms with Gasteiger partial charge in [0.2, 0.25) is 0 Å². The average molecular weight is 384 g/mol. The van der Waals surface area contributed by atoms with Crippen LogP contribution in [0.4, 0.5) is 5.69 Å². The maximum absolute atomic E-state index is 12.2. The van der Waals surface area contributed by atoms with Gasteiger partial charge >= 0.3 is 0 Å². The van der Waals surface area contributed by atoms with Crippen LogP contribution in [0.3, 0.4) is 0 Å². The molecule has 1 saturated heterocycles. The smallest absolute Gasteiger partial charge is 0.262 e. The second-order valence-electron chi connectivity index (χ2n) is 6.43. The molecule has 3 rings (SSSR count). The Morgan fingerprint density at radius 1 is 1.07 bits per heavy atom. The third-order valence-corrected chi connectivity index (χ3v) is 4.37. The minimum atomic E-state index is -0.286. The first-order valence-corrected chi connectivity index (χ1v) is 9.20. The fourth-order valence-electron chi connectivity index (χ4n) is 2.84. The number of methoxy groups -OCH3 is 1. The molecular formula is C21H24N2O5. The molecule has 0 spiro atoms. The summed E-state index contributed by atoms with van der Waals surface area (Å²) >= 11 is 0. The van der Waals surface area contributed by atoms with Gasteiger partial charge in [-0.2, -0.15) is 0 Å². The summed E-state index contributed by atoms with van der Waals surface area (Å²) in [5.74, 6) is 0.855. The highest BCUT2D eigenvalue weighted by Gasteiger charge is 2.16.